The van der Waals surface area contributed by atoms with Gasteiger partial charge in [0, 0.05) is 0 Å². The smallest absolute Gasteiger partial charge is 0.334 e. The summed E-state index contributed by atoms with van der Waals surface area (Å²) in [5, 5.41) is 13.9. The van der Waals surface area contributed by atoms with Crippen molar-refractivity contribution in [2.75, 3.05) is 0 Å². The molecule has 0 saturated heterocycles. The molecule has 0 fully saturated rings. The normalized spacial score (nSPS) is 27.8. The van der Waals surface area contributed by atoms with Crippen molar-refractivity contribution in [3.63, 3.8) is 0 Å². The summed E-state index contributed by atoms with van der Waals surface area (Å²) in [4.78, 5) is 16.5. The lowest BCUT2D eigenvalue weighted by molar-refractivity contribution is -0.165. The first-order valence-electron chi connectivity index (χ1n) is 6.76. The molecule has 1 aromatic heterocycles. The molecule has 1 aliphatic rings. The third kappa shape index (κ3) is 2.25. The number of aromatic nitrogens is 3. The van der Waals surface area contributed by atoms with Gasteiger partial charge in [-0.05, 0) is 27.2 Å². The van der Waals surface area contributed by atoms with Crippen LogP contribution in [0.3, 0.4) is 0 Å². The fraction of sp³-hybridized carbons (Fsp3) is 0.769. The molecule has 1 N–H and O–H groups in total. The maximum Gasteiger partial charge on any atom is 0.334 e. The lowest BCUT2D eigenvalue weighted by Gasteiger charge is -2.34. The Morgan fingerprint density at radius 1 is 1.58 bits per heavy atom. The van der Waals surface area contributed by atoms with Gasteiger partial charge in [-0.3, -0.25) is 0 Å². The number of aliphatic hydroxyl groups excluding tert-OH is 1. The summed E-state index contributed by atoms with van der Waals surface area (Å²) < 4.78 is 7.01. The number of esters is 1. The van der Waals surface area contributed by atoms with E-state index in [0.717, 1.165) is 12.8 Å². The topological polar surface area (TPSA) is 77.2 Å². The monoisotopic (exact) mass is 267 g/mol. The predicted molar refractivity (Wildman–Crippen MR) is 68.3 cm³/mol. The summed E-state index contributed by atoms with van der Waals surface area (Å²) in [7, 11) is 0. The summed E-state index contributed by atoms with van der Waals surface area (Å²) in [6, 6.07) is 0. The Balaban J connectivity index is 2.47. The average Bonchev–Trinajstić information content (AvgIpc) is 2.80. The number of fused-ring (bicyclic) bond motifs is 1. The molecule has 0 aliphatic carbocycles. The Morgan fingerprint density at radius 2 is 2.26 bits per heavy atom. The Labute approximate surface area is 112 Å². The second kappa shape index (κ2) is 4.92. The molecule has 1 aromatic rings. The number of carbonyl (C=O) groups is 1. The number of cyclic esters (lactones) is 1. The number of carbonyl (C=O) groups excluding carboxylic acids is 1. The number of unbranched alkanes of at least 4 members (excludes halogenated alkanes) is 1. The maximum atomic E-state index is 12.2. The van der Waals surface area contributed by atoms with E-state index < -0.39 is 17.7 Å². The third-order valence-corrected chi connectivity index (χ3v) is 3.59. The van der Waals surface area contributed by atoms with Gasteiger partial charge in [-0.1, -0.05) is 19.8 Å². The van der Waals surface area contributed by atoms with Gasteiger partial charge in [0.15, 0.2) is 23.3 Å². The molecule has 6 heteroatoms. The van der Waals surface area contributed by atoms with E-state index >= 15 is 0 Å². The van der Waals surface area contributed by atoms with Crippen LogP contribution in [0.25, 0.3) is 0 Å². The summed E-state index contributed by atoms with van der Waals surface area (Å²) in [6.07, 6.45) is 1.37. The van der Waals surface area contributed by atoms with Gasteiger partial charge in [-0.25, -0.2) is 14.5 Å². The maximum absolute atomic E-state index is 12.2. The van der Waals surface area contributed by atoms with Crippen LogP contribution in [-0.4, -0.2) is 25.8 Å². The average molecular weight is 267 g/mol. The number of ether oxygens (including phenoxy) is 1. The summed E-state index contributed by atoms with van der Waals surface area (Å²) in [5.41, 5.74) is -0.821. The van der Waals surface area contributed by atoms with Gasteiger partial charge >= 0.3 is 5.97 Å². The van der Waals surface area contributed by atoms with Gasteiger partial charge in [0.25, 0.3) is 0 Å². The molecule has 6 nitrogen and oxygen atoms in total. The van der Waals surface area contributed by atoms with Crippen LogP contribution in [0.5, 0.6) is 0 Å². The zero-order valence-corrected chi connectivity index (χ0v) is 11.9. The van der Waals surface area contributed by atoms with E-state index in [1.54, 1.807) is 18.5 Å². The Hall–Kier alpha value is -1.43. The second-order valence-corrected chi connectivity index (χ2v) is 5.34. The summed E-state index contributed by atoms with van der Waals surface area (Å²) in [5.74, 6) is 0.667. The molecule has 0 aromatic carbocycles. The van der Waals surface area contributed by atoms with Crippen LogP contribution in [-0.2, 0) is 15.1 Å². The van der Waals surface area contributed by atoms with E-state index in [4.69, 9.17) is 4.74 Å². The van der Waals surface area contributed by atoms with E-state index in [2.05, 4.69) is 17.0 Å². The van der Waals surface area contributed by atoms with Crippen LogP contribution in [0.4, 0.5) is 0 Å². The number of rotatable bonds is 4. The minimum absolute atomic E-state index is 0.275. The van der Waals surface area contributed by atoms with E-state index in [0.29, 0.717) is 18.1 Å². The van der Waals surface area contributed by atoms with Crippen LogP contribution < -0.4 is 0 Å². The van der Waals surface area contributed by atoms with Gasteiger partial charge in [-0.2, -0.15) is 5.10 Å². The van der Waals surface area contributed by atoms with Crippen LogP contribution >= 0.6 is 0 Å². The Morgan fingerprint density at radius 3 is 2.84 bits per heavy atom. The molecule has 19 heavy (non-hydrogen) atoms. The second-order valence-electron chi connectivity index (χ2n) is 5.34. The molecule has 0 bridgehead atoms. The molecule has 0 spiro atoms. The van der Waals surface area contributed by atoms with E-state index in [1.807, 2.05) is 6.92 Å². The van der Waals surface area contributed by atoms with Crippen molar-refractivity contribution in [1.82, 2.24) is 14.8 Å². The van der Waals surface area contributed by atoms with E-state index in [1.165, 1.54) is 0 Å². The SMILES string of the molecule is CCCCC1(C)C(=O)OC(C)c2nc(C(C)O)nn21. The molecule has 1 aliphatic heterocycles. The molecular formula is C13H21N3O3. The predicted octanol–water partition coefficient (Wildman–Crippen LogP) is 1.85. The van der Waals surface area contributed by atoms with Crippen molar-refractivity contribution in [3.8, 4) is 0 Å². The van der Waals surface area contributed by atoms with Gasteiger partial charge < -0.3 is 9.84 Å². The Bertz CT molecular complexity index is 483. The number of hydrogen-bond donors (Lipinski definition) is 1. The highest BCUT2D eigenvalue weighted by atomic mass is 16.5. The minimum atomic E-state index is -0.821. The molecule has 2 rings (SSSR count). The molecule has 2 heterocycles. The molecule has 0 saturated carbocycles. The first-order chi connectivity index (χ1) is 8.90. The highest BCUT2D eigenvalue weighted by Gasteiger charge is 2.45. The number of nitrogens with zero attached hydrogens (tertiary/aromatic N) is 3. The van der Waals surface area contributed by atoms with Gasteiger partial charge in [0.2, 0.25) is 0 Å². The van der Waals surface area contributed by atoms with Crippen molar-refractivity contribution < 1.29 is 14.6 Å². The highest BCUT2D eigenvalue weighted by Crippen LogP contribution is 2.35. The van der Waals surface area contributed by atoms with Crippen molar-refractivity contribution >= 4 is 5.97 Å². The fourth-order valence-corrected chi connectivity index (χ4v) is 2.30. The van der Waals surface area contributed by atoms with Crippen molar-refractivity contribution in [2.45, 2.75) is 64.7 Å². The van der Waals surface area contributed by atoms with Gasteiger partial charge in [0.05, 0.1) is 0 Å². The summed E-state index contributed by atoms with van der Waals surface area (Å²) >= 11 is 0. The molecule has 106 valence electrons. The number of aliphatic hydroxyl groups is 1. The lowest BCUT2D eigenvalue weighted by atomic mass is 9.93. The lowest BCUT2D eigenvalue weighted by Crippen LogP contribution is -2.46. The molecule has 3 unspecified atom stereocenters. The van der Waals surface area contributed by atoms with Crippen molar-refractivity contribution in [3.05, 3.63) is 11.6 Å². The first-order valence-corrected chi connectivity index (χ1v) is 6.76. The number of hydrogen-bond acceptors (Lipinski definition) is 5. The van der Waals surface area contributed by atoms with Crippen molar-refractivity contribution in [2.24, 2.45) is 0 Å². The molecule has 0 amide bonds. The molecule has 0 radical (unpaired) electrons. The largest absolute Gasteiger partial charge is 0.453 e. The van der Waals surface area contributed by atoms with Crippen LogP contribution in [0.15, 0.2) is 0 Å². The first kappa shape index (κ1) is 14.0. The third-order valence-electron chi connectivity index (χ3n) is 3.59. The molecule has 3 atom stereocenters. The zero-order valence-electron chi connectivity index (χ0n) is 11.9. The summed E-state index contributed by atoms with van der Waals surface area (Å²) in [6.45, 7) is 7.27. The highest BCUT2D eigenvalue weighted by molar-refractivity contribution is 5.79. The fourth-order valence-electron chi connectivity index (χ4n) is 2.30. The van der Waals surface area contributed by atoms with E-state index in [9.17, 15) is 9.90 Å². The zero-order chi connectivity index (χ0) is 14.2. The van der Waals surface area contributed by atoms with Crippen molar-refractivity contribution in [1.29, 1.82) is 0 Å². The Kier molecular flexibility index (Phi) is 3.62. The van der Waals surface area contributed by atoms with Crippen LogP contribution in [0.1, 0.15) is 70.8 Å². The van der Waals surface area contributed by atoms with Gasteiger partial charge in [0.1, 0.15) is 6.10 Å². The quantitative estimate of drug-likeness (QED) is 0.842. The minimum Gasteiger partial charge on any atom is -0.453 e. The van der Waals surface area contributed by atoms with Crippen LogP contribution in [0.2, 0.25) is 0 Å². The standard InChI is InChI=1S/C13H21N3O3/c1-5-6-7-13(4)12(18)19-9(3)11-14-10(8(2)17)15-16(11)13/h8-9,17H,5-7H2,1-4H3. The van der Waals surface area contributed by atoms with Crippen LogP contribution in [0, 0.1) is 0 Å². The van der Waals surface area contributed by atoms with Gasteiger partial charge in [-0.15, -0.1) is 0 Å². The molecular weight excluding hydrogens is 246 g/mol. The van der Waals surface area contributed by atoms with E-state index in [-0.39, 0.29) is 5.97 Å².